The zero-order chi connectivity index (χ0) is 13.4. The second kappa shape index (κ2) is 4.64. The van der Waals surface area contributed by atoms with Gasteiger partial charge in [0.1, 0.15) is 5.69 Å². The molecule has 0 saturated carbocycles. The van der Waals surface area contributed by atoms with Crippen molar-refractivity contribution in [2.45, 2.75) is 25.8 Å². The lowest BCUT2D eigenvalue weighted by Gasteiger charge is -2.21. The zero-order valence-electron chi connectivity index (χ0n) is 9.52. The molecular formula is C11H10BrFN2O3. The average Bonchev–Trinajstić information content (AvgIpc) is 2.56. The van der Waals surface area contributed by atoms with Crippen LogP contribution in [-0.2, 0) is 4.79 Å². The fraction of sp³-hybridized carbons (Fsp3) is 0.364. The molecule has 1 amide bonds. The Balaban J connectivity index is 2.62. The van der Waals surface area contributed by atoms with Gasteiger partial charge in [-0.15, -0.1) is 0 Å². The summed E-state index contributed by atoms with van der Waals surface area (Å²) in [7, 11) is 0. The molecule has 0 aromatic heterocycles. The predicted octanol–water partition coefficient (Wildman–Crippen LogP) is 3.01. The molecule has 2 rings (SSSR count). The van der Waals surface area contributed by atoms with Crippen molar-refractivity contribution in [2.75, 3.05) is 4.90 Å². The van der Waals surface area contributed by atoms with Crippen molar-refractivity contribution < 1.29 is 14.1 Å². The Morgan fingerprint density at radius 2 is 2.22 bits per heavy atom. The van der Waals surface area contributed by atoms with Crippen molar-refractivity contribution in [1.29, 1.82) is 0 Å². The topological polar surface area (TPSA) is 63.5 Å². The molecule has 0 N–H and O–H groups in total. The molecule has 0 spiro atoms. The maximum atomic E-state index is 13.7. The summed E-state index contributed by atoms with van der Waals surface area (Å²) in [6, 6.07) is 2.26. The molecule has 1 heterocycles. The van der Waals surface area contributed by atoms with Gasteiger partial charge in [0, 0.05) is 16.9 Å². The van der Waals surface area contributed by atoms with Gasteiger partial charge in [0.15, 0.2) is 0 Å². The highest BCUT2D eigenvalue weighted by molar-refractivity contribution is 9.10. The third kappa shape index (κ3) is 2.10. The van der Waals surface area contributed by atoms with Gasteiger partial charge < -0.3 is 4.90 Å². The predicted molar refractivity (Wildman–Crippen MR) is 66.9 cm³/mol. The normalized spacial score (nSPS) is 19.4. The van der Waals surface area contributed by atoms with Gasteiger partial charge in [-0.3, -0.25) is 14.9 Å². The monoisotopic (exact) mass is 316 g/mol. The van der Waals surface area contributed by atoms with Crippen LogP contribution in [0.4, 0.5) is 15.8 Å². The van der Waals surface area contributed by atoms with E-state index in [0.717, 1.165) is 6.07 Å². The molecule has 1 aliphatic heterocycles. The van der Waals surface area contributed by atoms with Crippen LogP contribution in [0.1, 0.15) is 19.8 Å². The van der Waals surface area contributed by atoms with Crippen molar-refractivity contribution in [3.63, 3.8) is 0 Å². The van der Waals surface area contributed by atoms with Crippen LogP contribution in [0, 0.1) is 15.9 Å². The van der Waals surface area contributed by atoms with Crippen LogP contribution in [0.2, 0.25) is 0 Å². The first-order valence-electron chi connectivity index (χ1n) is 5.37. The number of nitrogens with zero attached hydrogens (tertiary/aromatic N) is 2. The van der Waals surface area contributed by atoms with Crippen LogP contribution >= 0.6 is 15.9 Å². The first-order chi connectivity index (χ1) is 8.41. The number of nitro benzene ring substituents is 1. The van der Waals surface area contributed by atoms with Crippen LogP contribution in [0.25, 0.3) is 0 Å². The highest BCUT2D eigenvalue weighted by Crippen LogP contribution is 2.38. The van der Waals surface area contributed by atoms with E-state index in [1.165, 1.54) is 11.0 Å². The van der Waals surface area contributed by atoms with Gasteiger partial charge in [0.05, 0.1) is 4.92 Å². The fourth-order valence-electron chi connectivity index (χ4n) is 2.12. The van der Waals surface area contributed by atoms with Gasteiger partial charge >= 0.3 is 5.69 Å². The largest absolute Gasteiger partial charge is 0.328 e. The summed E-state index contributed by atoms with van der Waals surface area (Å²) >= 11 is 3.08. The minimum absolute atomic E-state index is 0.0156. The maximum Gasteiger partial charge on any atom is 0.328 e. The minimum atomic E-state index is -0.948. The Morgan fingerprint density at radius 3 is 2.72 bits per heavy atom. The summed E-state index contributed by atoms with van der Waals surface area (Å²) in [5.41, 5.74) is -0.637. The van der Waals surface area contributed by atoms with Crippen molar-refractivity contribution in [3.05, 3.63) is 32.5 Å². The number of anilines is 1. The van der Waals surface area contributed by atoms with Gasteiger partial charge in [-0.05, 0) is 25.5 Å². The molecule has 1 aliphatic rings. The van der Waals surface area contributed by atoms with Gasteiger partial charge in [-0.1, -0.05) is 15.9 Å². The van der Waals surface area contributed by atoms with Crippen LogP contribution in [0.15, 0.2) is 16.6 Å². The Morgan fingerprint density at radius 1 is 1.56 bits per heavy atom. The van der Waals surface area contributed by atoms with Crippen LogP contribution < -0.4 is 4.90 Å². The fourth-order valence-corrected chi connectivity index (χ4v) is 2.53. The van der Waals surface area contributed by atoms with E-state index in [9.17, 15) is 19.3 Å². The quantitative estimate of drug-likeness (QED) is 0.622. The summed E-state index contributed by atoms with van der Waals surface area (Å²) in [5.74, 6) is -1.17. The second-order valence-electron chi connectivity index (χ2n) is 4.16. The number of carbonyl (C=O) groups is 1. The van der Waals surface area contributed by atoms with E-state index in [0.29, 0.717) is 17.3 Å². The number of nitro groups is 1. The number of halogens is 2. The van der Waals surface area contributed by atoms with E-state index < -0.39 is 16.4 Å². The van der Waals surface area contributed by atoms with Crippen LogP contribution in [0.3, 0.4) is 0 Å². The minimum Gasteiger partial charge on any atom is -0.303 e. The molecule has 0 bridgehead atoms. The maximum absolute atomic E-state index is 13.7. The lowest BCUT2D eigenvalue weighted by atomic mass is 10.2. The van der Waals surface area contributed by atoms with E-state index in [4.69, 9.17) is 0 Å². The van der Waals surface area contributed by atoms with Crippen molar-refractivity contribution in [1.82, 2.24) is 0 Å². The zero-order valence-corrected chi connectivity index (χ0v) is 11.1. The molecule has 5 nitrogen and oxygen atoms in total. The van der Waals surface area contributed by atoms with Gasteiger partial charge in [0.2, 0.25) is 11.7 Å². The average molecular weight is 317 g/mol. The molecule has 1 aromatic rings. The number of hydrogen-bond acceptors (Lipinski definition) is 3. The molecule has 1 fully saturated rings. The molecule has 1 atom stereocenters. The smallest absolute Gasteiger partial charge is 0.303 e. The van der Waals surface area contributed by atoms with Crippen molar-refractivity contribution in [2.24, 2.45) is 0 Å². The lowest BCUT2D eigenvalue weighted by molar-refractivity contribution is -0.386. The standard InChI is InChI=1S/C11H10BrFN2O3/c1-6-2-3-10(16)14(6)9-5-7(12)4-8(13)11(9)15(17)18/h4-6H,2-3H2,1H3/t6-/m1/s1. The summed E-state index contributed by atoms with van der Waals surface area (Å²) in [5, 5.41) is 10.9. The summed E-state index contributed by atoms with van der Waals surface area (Å²) in [6.07, 6.45) is 0.941. The van der Waals surface area contributed by atoms with Crippen LogP contribution in [0.5, 0.6) is 0 Å². The molecule has 0 radical (unpaired) electrons. The van der Waals surface area contributed by atoms with Crippen molar-refractivity contribution in [3.8, 4) is 0 Å². The van der Waals surface area contributed by atoms with E-state index in [1.54, 1.807) is 6.92 Å². The number of rotatable bonds is 2. The Labute approximate surface area is 111 Å². The summed E-state index contributed by atoms with van der Waals surface area (Å²) in [6.45, 7) is 1.79. The molecule has 0 aliphatic carbocycles. The number of benzene rings is 1. The molecule has 7 heteroatoms. The second-order valence-corrected chi connectivity index (χ2v) is 5.08. The van der Waals surface area contributed by atoms with Crippen molar-refractivity contribution >= 4 is 33.2 Å². The Hall–Kier alpha value is -1.50. The SMILES string of the molecule is C[C@@H]1CCC(=O)N1c1cc(Br)cc(F)c1[N+](=O)[O-]. The van der Waals surface area contributed by atoms with Gasteiger partial charge in [-0.2, -0.15) is 4.39 Å². The molecule has 0 unspecified atom stereocenters. The number of amides is 1. The third-order valence-corrected chi connectivity index (χ3v) is 3.39. The van der Waals surface area contributed by atoms with Gasteiger partial charge in [-0.25, -0.2) is 0 Å². The first-order valence-corrected chi connectivity index (χ1v) is 6.16. The molecule has 96 valence electrons. The third-order valence-electron chi connectivity index (χ3n) is 2.94. The van der Waals surface area contributed by atoms with E-state index >= 15 is 0 Å². The Bertz CT molecular complexity index is 535. The van der Waals surface area contributed by atoms with Gasteiger partial charge in [0.25, 0.3) is 0 Å². The van der Waals surface area contributed by atoms with E-state index in [1.807, 2.05) is 0 Å². The summed E-state index contributed by atoms with van der Waals surface area (Å²) < 4.78 is 14.0. The molecule has 18 heavy (non-hydrogen) atoms. The van der Waals surface area contributed by atoms with Crippen LogP contribution in [-0.4, -0.2) is 16.9 Å². The van der Waals surface area contributed by atoms with E-state index in [2.05, 4.69) is 15.9 Å². The molecular weight excluding hydrogens is 307 g/mol. The number of hydrogen-bond donors (Lipinski definition) is 0. The number of carbonyl (C=O) groups excluding carboxylic acids is 1. The Kier molecular flexibility index (Phi) is 3.34. The molecule has 1 saturated heterocycles. The van der Waals surface area contributed by atoms with E-state index in [-0.39, 0.29) is 17.6 Å². The lowest BCUT2D eigenvalue weighted by Crippen LogP contribution is -2.31. The molecule has 1 aromatic carbocycles. The highest BCUT2D eigenvalue weighted by Gasteiger charge is 2.35. The first kappa shape index (κ1) is 12.9. The summed E-state index contributed by atoms with van der Waals surface area (Å²) in [4.78, 5) is 23.2. The highest BCUT2D eigenvalue weighted by atomic mass is 79.9.